The molecule has 2 rings (SSSR count). The highest BCUT2D eigenvalue weighted by molar-refractivity contribution is 7.18. The van der Waals surface area contributed by atoms with E-state index in [4.69, 9.17) is 17.3 Å². The van der Waals surface area contributed by atoms with Gasteiger partial charge in [0.05, 0.1) is 11.2 Å². The largest absolute Gasteiger partial charge is 0.389 e. The van der Waals surface area contributed by atoms with Crippen molar-refractivity contribution in [1.82, 2.24) is 9.97 Å². The first-order valence-electron chi connectivity index (χ1n) is 3.58. The van der Waals surface area contributed by atoms with Crippen LogP contribution < -0.4 is 5.73 Å². The van der Waals surface area contributed by atoms with E-state index >= 15 is 0 Å². The Morgan fingerprint density at radius 3 is 2.85 bits per heavy atom. The minimum atomic E-state index is 0.643. The molecule has 2 heterocycles. The normalized spacial score (nSPS) is 10.2. The molecule has 0 fully saturated rings. The Hall–Kier alpha value is -1.13. The van der Waals surface area contributed by atoms with Crippen molar-refractivity contribution in [1.29, 1.82) is 0 Å². The first-order valence-corrected chi connectivity index (χ1v) is 4.78. The van der Waals surface area contributed by atoms with Gasteiger partial charge in [0.2, 0.25) is 0 Å². The Labute approximate surface area is 84.2 Å². The summed E-state index contributed by atoms with van der Waals surface area (Å²) in [6.07, 6.45) is 4.94. The van der Waals surface area contributed by atoms with Gasteiger partial charge in [0.1, 0.15) is 10.0 Å². The van der Waals surface area contributed by atoms with E-state index in [0.29, 0.717) is 10.0 Å². The first-order chi connectivity index (χ1) is 6.27. The van der Waals surface area contributed by atoms with Crippen LogP contribution in [0.2, 0.25) is 5.02 Å². The molecule has 0 aliphatic carbocycles. The lowest BCUT2D eigenvalue weighted by molar-refractivity contribution is 1.31. The fourth-order valence-electron chi connectivity index (χ4n) is 0.946. The lowest BCUT2D eigenvalue weighted by Crippen LogP contribution is -1.78. The molecule has 0 unspecified atom stereocenters. The molecular weight excluding hydrogens is 206 g/mol. The van der Waals surface area contributed by atoms with E-state index in [2.05, 4.69) is 9.97 Å². The summed E-state index contributed by atoms with van der Waals surface area (Å²) in [5, 5.41) is 2.12. The van der Waals surface area contributed by atoms with Crippen LogP contribution in [0.25, 0.3) is 10.6 Å². The SMILES string of the molecule is Nc1cnc(-c2cnccc2Cl)s1. The summed E-state index contributed by atoms with van der Waals surface area (Å²) in [6.45, 7) is 0. The van der Waals surface area contributed by atoms with Gasteiger partial charge in [-0.25, -0.2) is 4.98 Å². The van der Waals surface area contributed by atoms with Crippen LogP contribution in [0, 0.1) is 0 Å². The van der Waals surface area contributed by atoms with Crippen molar-refractivity contribution in [2.24, 2.45) is 0 Å². The molecule has 0 spiro atoms. The summed E-state index contributed by atoms with van der Waals surface area (Å²) in [5.41, 5.74) is 6.38. The van der Waals surface area contributed by atoms with Crippen molar-refractivity contribution in [2.45, 2.75) is 0 Å². The molecule has 66 valence electrons. The lowest BCUT2D eigenvalue weighted by Gasteiger charge is -1.96. The highest BCUT2D eigenvalue weighted by Crippen LogP contribution is 2.30. The molecule has 2 N–H and O–H groups in total. The van der Waals surface area contributed by atoms with Gasteiger partial charge in [0.15, 0.2) is 0 Å². The molecule has 0 aliphatic heterocycles. The van der Waals surface area contributed by atoms with E-state index < -0.39 is 0 Å². The van der Waals surface area contributed by atoms with E-state index in [0.717, 1.165) is 10.6 Å². The molecule has 5 heteroatoms. The Morgan fingerprint density at radius 2 is 2.23 bits per heavy atom. The summed E-state index contributed by atoms with van der Waals surface area (Å²) in [5.74, 6) is 0. The number of thiazole rings is 1. The quantitative estimate of drug-likeness (QED) is 0.788. The number of anilines is 1. The molecule has 3 nitrogen and oxygen atoms in total. The van der Waals surface area contributed by atoms with Gasteiger partial charge in [-0.05, 0) is 6.07 Å². The molecule has 0 saturated carbocycles. The molecule has 0 radical (unpaired) electrons. The summed E-state index contributed by atoms with van der Waals surface area (Å²) >= 11 is 7.35. The van der Waals surface area contributed by atoms with Crippen LogP contribution in [0.5, 0.6) is 0 Å². The number of nitrogens with zero attached hydrogens (tertiary/aromatic N) is 2. The fraction of sp³-hybridized carbons (Fsp3) is 0. The molecule has 0 amide bonds. The van der Waals surface area contributed by atoms with Crippen LogP contribution in [-0.4, -0.2) is 9.97 Å². The van der Waals surface area contributed by atoms with E-state index in [9.17, 15) is 0 Å². The van der Waals surface area contributed by atoms with Gasteiger partial charge in [-0.15, -0.1) is 0 Å². The average molecular weight is 212 g/mol. The van der Waals surface area contributed by atoms with Crippen LogP contribution in [-0.2, 0) is 0 Å². The van der Waals surface area contributed by atoms with Crippen LogP contribution >= 0.6 is 22.9 Å². The highest BCUT2D eigenvalue weighted by atomic mass is 35.5. The summed E-state index contributed by atoms with van der Waals surface area (Å²) in [6, 6.07) is 1.73. The monoisotopic (exact) mass is 211 g/mol. The second-order valence-electron chi connectivity index (χ2n) is 2.42. The number of hydrogen-bond acceptors (Lipinski definition) is 4. The lowest BCUT2D eigenvalue weighted by atomic mass is 10.3. The molecule has 13 heavy (non-hydrogen) atoms. The van der Waals surface area contributed by atoms with Crippen molar-refractivity contribution in [3.63, 3.8) is 0 Å². The smallest absolute Gasteiger partial charge is 0.128 e. The zero-order chi connectivity index (χ0) is 9.26. The van der Waals surface area contributed by atoms with Gasteiger partial charge in [0.25, 0.3) is 0 Å². The topological polar surface area (TPSA) is 51.8 Å². The maximum atomic E-state index is 5.95. The number of rotatable bonds is 1. The zero-order valence-electron chi connectivity index (χ0n) is 6.57. The third-order valence-electron chi connectivity index (χ3n) is 1.52. The second kappa shape index (κ2) is 3.32. The van der Waals surface area contributed by atoms with Crippen molar-refractivity contribution < 1.29 is 0 Å². The predicted molar refractivity (Wildman–Crippen MR) is 54.8 cm³/mol. The van der Waals surface area contributed by atoms with Crippen LogP contribution in [0.4, 0.5) is 5.00 Å². The Balaban J connectivity index is 2.52. The number of nitrogen functional groups attached to an aromatic ring is 1. The molecular formula is C8H6ClN3S. The maximum Gasteiger partial charge on any atom is 0.128 e. The predicted octanol–water partition coefficient (Wildman–Crippen LogP) is 2.44. The number of pyridine rings is 1. The van der Waals surface area contributed by atoms with E-state index in [1.165, 1.54) is 11.3 Å². The van der Waals surface area contributed by atoms with Crippen LogP contribution in [0.15, 0.2) is 24.7 Å². The second-order valence-corrected chi connectivity index (χ2v) is 3.89. The van der Waals surface area contributed by atoms with Gasteiger partial charge in [-0.3, -0.25) is 4.98 Å². The van der Waals surface area contributed by atoms with Gasteiger partial charge in [-0.2, -0.15) is 0 Å². The highest BCUT2D eigenvalue weighted by Gasteiger charge is 2.06. The number of halogens is 1. The Kier molecular flexibility index (Phi) is 2.16. The third-order valence-corrected chi connectivity index (χ3v) is 2.71. The minimum Gasteiger partial charge on any atom is -0.389 e. The maximum absolute atomic E-state index is 5.95. The molecule has 0 saturated heterocycles. The first kappa shape index (κ1) is 8.47. The van der Waals surface area contributed by atoms with E-state index in [1.807, 2.05) is 0 Å². The average Bonchev–Trinajstić information content (AvgIpc) is 2.53. The van der Waals surface area contributed by atoms with Crippen molar-refractivity contribution in [3.05, 3.63) is 29.7 Å². The Bertz CT molecular complexity index is 427. The summed E-state index contributed by atoms with van der Waals surface area (Å²) < 4.78 is 0. The summed E-state index contributed by atoms with van der Waals surface area (Å²) in [7, 11) is 0. The van der Waals surface area contributed by atoms with E-state index in [1.54, 1.807) is 24.7 Å². The van der Waals surface area contributed by atoms with Gasteiger partial charge in [-0.1, -0.05) is 22.9 Å². The fourth-order valence-corrected chi connectivity index (χ4v) is 1.90. The number of aromatic nitrogens is 2. The number of hydrogen-bond donors (Lipinski definition) is 1. The van der Waals surface area contributed by atoms with Crippen molar-refractivity contribution in [2.75, 3.05) is 5.73 Å². The molecule has 0 aliphatic rings. The minimum absolute atomic E-state index is 0.643. The standard InChI is InChI=1S/C8H6ClN3S/c9-6-1-2-11-3-5(6)8-12-4-7(10)13-8/h1-4H,10H2. The van der Waals surface area contributed by atoms with Crippen molar-refractivity contribution >= 4 is 27.9 Å². The van der Waals surface area contributed by atoms with Gasteiger partial charge in [0, 0.05) is 18.0 Å². The molecule has 0 bridgehead atoms. The third kappa shape index (κ3) is 1.64. The van der Waals surface area contributed by atoms with Crippen molar-refractivity contribution in [3.8, 4) is 10.6 Å². The van der Waals surface area contributed by atoms with Gasteiger partial charge >= 0.3 is 0 Å². The Morgan fingerprint density at radius 1 is 1.38 bits per heavy atom. The van der Waals surface area contributed by atoms with Crippen LogP contribution in [0.1, 0.15) is 0 Å². The molecule has 2 aromatic rings. The molecule has 2 aromatic heterocycles. The molecule has 0 atom stereocenters. The van der Waals surface area contributed by atoms with Crippen LogP contribution in [0.3, 0.4) is 0 Å². The molecule has 0 aromatic carbocycles. The van der Waals surface area contributed by atoms with Gasteiger partial charge < -0.3 is 5.73 Å². The zero-order valence-corrected chi connectivity index (χ0v) is 8.14. The van der Waals surface area contributed by atoms with E-state index in [-0.39, 0.29) is 0 Å². The summed E-state index contributed by atoms with van der Waals surface area (Å²) in [4.78, 5) is 8.09. The number of nitrogens with two attached hydrogens (primary N) is 1.